The van der Waals surface area contributed by atoms with Crippen LogP contribution in [0.15, 0.2) is 23.1 Å². The molecule has 5 nitrogen and oxygen atoms in total. The molecule has 1 atom stereocenters. The van der Waals surface area contributed by atoms with E-state index in [-0.39, 0.29) is 29.3 Å². The zero-order chi connectivity index (χ0) is 16.7. The van der Waals surface area contributed by atoms with Gasteiger partial charge in [-0.05, 0) is 45.2 Å². The number of aliphatic carboxylic acids is 1. The molecule has 7 heteroatoms. The van der Waals surface area contributed by atoms with Crippen molar-refractivity contribution in [3.63, 3.8) is 0 Å². The van der Waals surface area contributed by atoms with Crippen molar-refractivity contribution < 1.29 is 22.7 Å². The smallest absolute Gasteiger partial charge is 0.303 e. The number of halogens is 1. The quantitative estimate of drug-likeness (QED) is 0.920. The Morgan fingerprint density at radius 1 is 1.45 bits per heavy atom. The van der Waals surface area contributed by atoms with Gasteiger partial charge in [0, 0.05) is 24.1 Å². The molecule has 1 fully saturated rings. The average Bonchev–Trinajstić information content (AvgIpc) is 2.67. The third kappa shape index (κ3) is 3.01. The maximum Gasteiger partial charge on any atom is 0.303 e. The lowest BCUT2D eigenvalue weighted by Gasteiger charge is -2.31. The summed E-state index contributed by atoms with van der Waals surface area (Å²) in [6.07, 6.45) is 0.393. The molecule has 22 heavy (non-hydrogen) atoms. The minimum atomic E-state index is -3.87. The van der Waals surface area contributed by atoms with Gasteiger partial charge in [0.05, 0.1) is 4.90 Å². The van der Waals surface area contributed by atoms with Gasteiger partial charge in [-0.2, -0.15) is 4.31 Å². The number of hydrogen-bond donors (Lipinski definition) is 1. The summed E-state index contributed by atoms with van der Waals surface area (Å²) in [6, 6.07) is 3.97. The Balaban J connectivity index is 2.41. The molecule has 1 aliphatic rings. The summed E-state index contributed by atoms with van der Waals surface area (Å²) >= 11 is 0. The Morgan fingerprint density at radius 2 is 2.09 bits per heavy atom. The normalized spacial score (nSPS) is 21.9. The molecule has 0 aliphatic carbocycles. The molecule has 1 saturated heterocycles. The molecular weight excluding hydrogens is 309 g/mol. The topological polar surface area (TPSA) is 74.7 Å². The van der Waals surface area contributed by atoms with Crippen LogP contribution in [0.2, 0.25) is 0 Å². The highest BCUT2D eigenvalue weighted by atomic mass is 32.2. The van der Waals surface area contributed by atoms with E-state index >= 15 is 0 Å². The Hall–Kier alpha value is -1.47. The highest BCUT2D eigenvalue weighted by Crippen LogP contribution is 2.39. The summed E-state index contributed by atoms with van der Waals surface area (Å²) in [4.78, 5) is 10.8. The molecule has 0 radical (unpaired) electrons. The van der Waals surface area contributed by atoms with Crippen LogP contribution in [-0.2, 0) is 14.8 Å². The van der Waals surface area contributed by atoms with E-state index in [0.29, 0.717) is 6.42 Å². The fourth-order valence-electron chi connectivity index (χ4n) is 3.15. The minimum absolute atomic E-state index is 0.0587. The van der Waals surface area contributed by atoms with E-state index in [4.69, 9.17) is 5.11 Å². The monoisotopic (exact) mass is 329 g/mol. The molecule has 1 N–H and O–H groups in total. The molecule has 0 aromatic heterocycles. The second kappa shape index (κ2) is 5.62. The van der Waals surface area contributed by atoms with Crippen molar-refractivity contribution in [3.05, 3.63) is 29.6 Å². The van der Waals surface area contributed by atoms with Gasteiger partial charge in [0.1, 0.15) is 5.82 Å². The minimum Gasteiger partial charge on any atom is -0.481 e. The van der Waals surface area contributed by atoms with Crippen LogP contribution in [0.25, 0.3) is 0 Å². The third-order valence-electron chi connectivity index (χ3n) is 4.14. The first-order chi connectivity index (χ1) is 10.1. The molecule has 0 saturated carbocycles. The van der Waals surface area contributed by atoms with Gasteiger partial charge in [-0.15, -0.1) is 0 Å². The molecule has 1 unspecified atom stereocenters. The number of rotatable bonds is 4. The number of carboxylic acid groups (broad SMARTS) is 1. The van der Waals surface area contributed by atoms with Crippen molar-refractivity contribution in [2.75, 3.05) is 6.54 Å². The first-order valence-corrected chi connectivity index (χ1v) is 8.49. The zero-order valence-corrected chi connectivity index (χ0v) is 13.7. The Morgan fingerprint density at radius 3 is 2.68 bits per heavy atom. The summed E-state index contributed by atoms with van der Waals surface area (Å²) < 4.78 is 40.7. The fourth-order valence-corrected chi connectivity index (χ4v) is 5.25. The highest BCUT2D eigenvalue weighted by molar-refractivity contribution is 7.89. The van der Waals surface area contributed by atoms with E-state index in [1.807, 2.05) is 0 Å². The van der Waals surface area contributed by atoms with Crippen LogP contribution in [0.1, 0.15) is 32.3 Å². The molecule has 122 valence electrons. The largest absolute Gasteiger partial charge is 0.481 e. The molecule has 0 amide bonds. The first kappa shape index (κ1) is 16.9. The fraction of sp³-hybridized carbons (Fsp3) is 0.533. The number of sulfonamides is 1. The second-order valence-electron chi connectivity index (χ2n) is 6.38. The molecule has 0 bridgehead atoms. The van der Waals surface area contributed by atoms with Crippen molar-refractivity contribution in [2.24, 2.45) is 5.92 Å². The van der Waals surface area contributed by atoms with Crippen molar-refractivity contribution in [2.45, 2.75) is 44.0 Å². The second-order valence-corrected chi connectivity index (χ2v) is 8.21. The van der Waals surface area contributed by atoms with Crippen LogP contribution in [-0.4, -0.2) is 35.9 Å². The zero-order valence-electron chi connectivity index (χ0n) is 12.8. The van der Waals surface area contributed by atoms with Gasteiger partial charge in [0.15, 0.2) is 0 Å². The molecule has 1 aromatic carbocycles. The summed E-state index contributed by atoms with van der Waals surface area (Å²) in [5.41, 5.74) is -0.613. The number of hydrogen-bond acceptors (Lipinski definition) is 3. The molecule has 0 spiro atoms. The van der Waals surface area contributed by atoms with E-state index in [2.05, 4.69) is 0 Å². The van der Waals surface area contributed by atoms with Crippen molar-refractivity contribution in [1.29, 1.82) is 0 Å². The van der Waals surface area contributed by atoms with E-state index in [9.17, 15) is 17.6 Å². The predicted octanol–water partition coefficient (Wildman–Crippen LogP) is 2.40. The van der Waals surface area contributed by atoms with Gasteiger partial charge in [0.25, 0.3) is 0 Å². The van der Waals surface area contributed by atoms with Gasteiger partial charge in [-0.3, -0.25) is 4.79 Å². The van der Waals surface area contributed by atoms with E-state index in [0.717, 1.165) is 0 Å². The van der Waals surface area contributed by atoms with Crippen LogP contribution in [0, 0.1) is 18.7 Å². The average molecular weight is 329 g/mol. The lowest BCUT2D eigenvalue weighted by atomic mass is 9.95. The van der Waals surface area contributed by atoms with Crippen LogP contribution < -0.4 is 0 Å². The van der Waals surface area contributed by atoms with E-state index < -0.39 is 27.3 Å². The molecule has 1 heterocycles. The SMILES string of the molecule is Cc1c(F)cccc1S(=O)(=O)N1CC(CC(=O)O)CC1(C)C. The molecule has 1 aromatic rings. The Labute approximate surface area is 129 Å². The number of carbonyl (C=O) groups is 1. The van der Waals surface area contributed by atoms with Crippen molar-refractivity contribution >= 4 is 16.0 Å². The number of carboxylic acids is 1. The van der Waals surface area contributed by atoms with Crippen LogP contribution in [0.4, 0.5) is 4.39 Å². The van der Waals surface area contributed by atoms with Gasteiger partial charge < -0.3 is 5.11 Å². The van der Waals surface area contributed by atoms with Crippen LogP contribution in [0.5, 0.6) is 0 Å². The van der Waals surface area contributed by atoms with Crippen molar-refractivity contribution in [1.82, 2.24) is 4.31 Å². The highest BCUT2D eigenvalue weighted by Gasteiger charge is 2.46. The van der Waals surface area contributed by atoms with Gasteiger partial charge in [-0.25, -0.2) is 12.8 Å². The maximum atomic E-state index is 13.7. The van der Waals surface area contributed by atoms with Crippen LogP contribution in [0.3, 0.4) is 0 Å². The molecular formula is C15H20FNO4S. The maximum absolute atomic E-state index is 13.7. The summed E-state index contributed by atoms with van der Waals surface area (Å²) in [5, 5.41) is 8.91. The number of benzene rings is 1. The predicted molar refractivity (Wildman–Crippen MR) is 79.5 cm³/mol. The van der Waals surface area contributed by atoms with Gasteiger partial charge in [0.2, 0.25) is 10.0 Å². The summed E-state index contributed by atoms with van der Waals surface area (Å²) in [6.45, 7) is 5.10. The van der Waals surface area contributed by atoms with Gasteiger partial charge in [-0.1, -0.05) is 6.07 Å². The van der Waals surface area contributed by atoms with Crippen molar-refractivity contribution in [3.8, 4) is 0 Å². The standard InChI is InChI=1S/C15H20FNO4S/c1-10-12(16)5-4-6-13(10)22(20,21)17-9-11(7-14(18)19)8-15(17,2)3/h4-6,11H,7-9H2,1-3H3,(H,18,19). The Kier molecular flexibility index (Phi) is 4.32. The van der Waals surface area contributed by atoms with Gasteiger partial charge >= 0.3 is 5.97 Å². The molecule has 1 aliphatic heterocycles. The lowest BCUT2D eigenvalue weighted by Crippen LogP contribution is -2.42. The Bertz CT molecular complexity index is 699. The lowest BCUT2D eigenvalue weighted by molar-refractivity contribution is -0.138. The number of nitrogens with zero attached hydrogens (tertiary/aromatic N) is 1. The van der Waals surface area contributed by atoms with E-state index in [1.54, 1.807) is 13.8 Å². The van der Waals surface area contributed by atoms with Crippen LogP contribution >= 0.6 is 0 Å². The third-order valence-corrected chi connectivity index (χ3v) is 6.36. The summed E-state index contributed by atoms with van der Waals surface area (Å²) in [7, 11) is -3.87. The van der Waals surface area contributed by atoms with E-state index in [1.165, 1.54) is 29.4 Å². The summed E-state index contributed by atoms with van der Waals surface area (Å²) in [5.74, 6) is -1.75. The first-order valence-electron chi connectivity index (χ1n) is 7.05. The molecule has 2 rings (SSSR count).